The standard InChI is InChI=1S/C10H16N2OS/c13-10-12-9(7-14-10)6-11-8-4-2-1-3-5-8/h7-8,11H,1-6H2,(H,12,13). The lowest BCUT2D eigenvalue weighted by molar-refractivity contribution is 0.371. The maximum absolute atomic E-state index is 10.9. The van der Waals surface area contributed by atoms with Crippen LogP contribution in [0.15, 0.2) is 10.2 Å². The molecule has 0 aromatic carbocycles. The summed E-state index contributed by atoms with van der Waals surface area (Å²) >= 11 is 1.24. The van der Waals surface area contributed by atoms with Gasteiger partial charge in [-0.05, 0) is 12.8 Å². The molecule has 3 nitrogen and oxygen atoms in total. The van der Waals surface area contributed by atoms with Gasteiger partial charge >= 0.3 is 4.87 Å². The van der Waals surface area contributed by atoms with Gasteiger partial charge in [0.25, 0.3) is 0 Å². The number of aromatic amines is 1. The minimum atomic E-state index is 0.0467. The molecule has 14 heavy (non-hydrogen) atoms. The molecule has 78 valence electrons. The molecule has 1 aromatic rings. The van der Waals surface area contributed by atoms with Crippen molar-refractivity contribution in [1.29, 1.82) is 0 Å². The largest absolute Gasteiger partial charge is 0.315 e. The molecule has 0 aliphatic heterocycles. The molecule has 1 aromatic heterocycles. The summed E-state index contributed by atoms with van der Waals surface area (Å²) in [5.41, 5.74) is 1.02. The number of hydrogen-bond acceptors (Lipinski definition) is 3. The molecule has 0 atom stereocenters. The zero-order valence-electron chi connectivity index (χ0n) is 8.21. The second kappa shape index (κ2) is 4.75. The third kappa shape index (κ3) is 2.69. The second-order valence-corrected chi connectivity index (χ2v) is 4.73. The predicted octanol–water partition coefficient (Wildman–Crippen LogP) is 1.86. The van der Waals surface area contributed by atoms with E-state index < -0.39 is 0 Å². The fourth-order valence-electron chi connectivity index (χ4n) is 1.96. The van der Waals surface area contributed by atoms with E-state index in [0.717, 1.165) is 12.2 Å². The molecular formula is C10H16N2OS. The third-order valence-electron chi connectivity index (χ3n) is 2.76. The molecule has 0 bridgehead atoms. The van der Waals surface area contributed by atoms with Crippen molar-refractivity contribution in [3.63, 3.8) is 0 Å². The summed E-state index contributed by atoms with van der Waals surface area (Å²) in [5, 5.41) is 5.39. The van der Waals surface area contributed by atoms with Crippen molar-refractivity contribution in [3.05, 3.63) is 20.7 Å². The van der Waals surface area contributed by atoms with Crippen LogP contribution >= 0.6 is 11.3 Å². The van der Waals surface area contributed by atoms with Crippen molar-refractivity contribution in [2.75, 3.05) is 0 Å². The van der Waals surface area contributed by atoms with E-state index >= 15 is 0 Å². The third-order valence-corrected chi connectivity index (χ3v) is 3.48. The summed E-state index contributed by atoms with van der Waals surface area (Å²) in [4.78, 5) is 13.7. The van der Waals surface area contributed by atoms with Gasteiger partial charge in [-0.3, -0.25) is 4.79 Å². The van der Waals surface area contributed by atoms with Crippen LogP contribution in [0.5, 0.6) is 0 Å². The van der Waals surface area contributed by atoms with Gasteiger partial charge in [0.05, 0.1) is 0 Å². The zero-order valence-corrected chi connectivity index (χ0v) is 9.03. The van der Waals surface area contributed by atoms with E-state index in [9.17, 15) is 4.79 Å². The van der Waals surface area contributed by atoms with Crippen molar-refractivity contribution < 1.29 is 0 Å². The van der Waals surface area contributed by atoms with Crippen molar-refractivity contribution in [2.45, 2.75) is 44.7 Å². The van der Waals surface area contributed by atoms with Crippen LogP contribution in [0.3, 0.4) is 0 Å². The number of rotatable bonds is 3. The topological polar surface area (TPSA) is 44.9 Å². The lowest BCUT2D eigenvalue weighted by Gasteiger charge is -2.22. The Morgan fingerprint density at radius 3 is 2.86 bits per heavy atom. The van der Waals surface area contributed by atoms with Crippen LogP contribution in [0.1, 0.15) is 37.8 Å². The summed E-state index contributed by atoms with van der Waals surface area (Å²) in [5.74, 6) is 0. The van der Waals surface area contributed by atoms with Crippen LogP contribution in [0, 0.1) is 0 Å². The van der Waals surface area contributed by atoms with Crippen LogP contribution in [0.25, 0.3) is 0 Å². The van der Waals surface area contributed by atoms with Gasteiger partial charge in [0, 0.05) is 23.7 Å². The summed E-state index contributed by atoms with van der Waals surface area (Å²) < 4.78 is 0. The van der Waals surface area contributed by atoms with E-state index in [1.807, 2.05) is 5.38 Å². The quantitative estimate of drug-likeness (QED) is 0.803. The molecule has 1 heterocycles. The van der Waals surface area contributed by atoms with E-state index in [1.165, 1.54) is 43.4 Å². The molecule has 1 aliphatic carbocycles. The molecule has 1 saturated carbocycles. The van der Waals surface area contributed by atoms with E-state index in [1.54, 1.807) is 0 Å². The van der Waals surface area contributed by atoms with E-state index in [4.69, 9.17) is 0 Å². The Bertz CT molecular complexity index is 325. The van der Waals surface area contributed by atoms with Gasteiger partial charge in [0.15, 0.2) is 0 Å². The molecule has 0 radical (unpaired) electrons. The normalized spacial score (nSPS) is 18.6. The predicted molar refractivity (Wildman–Crippen MR) is 58.7 cm³/mol. The van der Waals surface area contributed by atoms with Crippen LogP contribution in [-0.4, -0.2) is 11.0 Å². The number of aromatic nitrogens is 1. The van der Waals surface area contributed by atoms with Crippen LogP contribution in [0.2, 0.25) is 0 Å². The summed E-state index contributed by atoms with van der Waals surface area (Å²) in [6.07, 6.45) is 6.64. The Kier molecular flexibility index (Phi) is 3.37. The molecule has 1 aliphatic rings. The molecule has 2 N–H and O–H groups in total. The van der Waals surface area contributed by atoms with E-state index in [-0.39, 0.29) is 4.87 Å². The van der Waals surface area contributed by atoms with Gasteiger partial charge in [0.2, 0.25) is 0 Å². The Morgan fingerprint density at radius 2 is 2.21 bits per heavy atom. The first-order valence-electron chi connectivity index (χ1n) is 5.24. The highest BCUT2D eigenvalue weighted by molar-refractivity contribution is 7.07. The van der Waals surface area contributed by atoms with Gasteiger partial charge < -0.3 is 10.3 Å². The Hall–Kier alpha value is -0.610. The first-order chi connectivity index (χ1) is 6.84. The number of thiazole rings is 1. The maximum Gasteiger partial charge on any atom is 0.304 e. The average molecular weight is 212 g/mol. The molecule has 2 rings (SSSR count). The zero-order chi connectivity index (χ0) is 9.80. The fourth-order valence-corrected chi connectivity index (χ4v) is 2.54. The van der Waals surface area contributed by atoms with E-state index in [0.29, 0.717) is 6.04 Å². The van der Waals surface area contributed by atoms with E-state index in [2.05, 4.69) is 10.3 Å². The number of hydrogen-bond donors (Lipinski definition) is 2. The first-order valence-corrected chi connectivity index (χ1v) is 6.12. The van der Waals surface area contributed by atoms with Gasteiger partial charge in [-0.15, -0.1) is 0 Å². The fraction of sp³-hybridized carbons (Fsp3) is 0.700. The van der Waals surface area contributed by atoms with Crippen molar-refractivity contribution in [2.24, 2.45) is 0 Å². The minimum Gasteiger partial charge on any atom is -0.315 e. The highest BCUT2D eigenvalue weighted by Crippen LogP contribution is 2.17. The van der Waals surface area contributed by atoms with Crippen molar-refractivity contribution in [3.8, 4) is 0 Å². The molecule has 0 spiro atoms. The van der Waals surface area contributed by atoms with Gasteiger partial charge in [-0.1, -0.05) is 30.6 Å². The van der Waals surface area contributed by atoms with Gasteiger partial charge in [0.1, 0.15) is 0 Å². The lowest BCUT2D eigenvalue weighted by Crippen LogP contribution is -2.30. The molecule has 0 amide bonds. The van der Waals surface area contributed by atoms with Crippen LogP contribution < -0.4 is 10.2 Å². The van der Waals surface area contributed by atoms with Crippen molar-refractivity contribution >= 4 is 11.3 Å². The maximum atomic E-state index is 10.9. The molecule has 0 saturated heterocycles. The molecular weight excluding hydrogens is 196 g/mol. The summed E-state index contributed by atoms with van der Waals surface area (Å²) in [6.45, 7) is 0.809. The van der Waals surface area contributed by atoms with Gasteiger partial charge in [-0.2, -0.15) is 0 Å². The molecule has 4 heteroatoms. The minimum absolute atomic E-state index is 0.0467. The lowest BCUT2D eigenvalue weighted by atomic mass is 9.95. The molecule has 0 unspecified atom stereocenters. The number of nitrogens with one attached hydrogen (secondary N) is 2. The van der Waals surface area contributed by atoms with Crippen LogP contribution in [0.4, 0.5) is 0 Å². The smallest absolute Gasteiger partial charge is 0.304 e. The Morgan fingerprint density at radius 1 is 1.43 bits per heavy atom. The highest BCUT2D eigenvalue weighted by atomic mass is 32.1. The summed E-state index contributed by atoms with van der Waals surface area (Å²) in [7, 11) is 0. The Balaban J connectivity index is 1.78. The average Bonchev–Trinajstić information content (AvgIpc) is 2.63. The van der Waals surface area contributed by atoms with Gasteiger partial charge in [-0.25, -0.2) is 0 Å². The Labute approximate surface area is 87.6 Å². The molecule has 1 fully saturated rings. The summed E-state index contributed by atoms with van der Waals surface area (Å²) in [6, 6.07) is 0.659. The number of H-pyrrole nitrogens is 1. The SMILES string of the molecule is O=c1[nH]c(CNC2CCCCC2)cs1. The van der Waals surface area contributed by atoms with Crippen molar-refractivity contribution in [1.82, 2.24) is 10.3 Å². The second-order valence-electron chi connectivity index (χ2n) is 3.89. The monoisotopic (exact) mass is 212 g/mol. The highest BCUT2D eigenvalue weighted by Gasteiger charge is 2.12. The van der Waals surface area contributed by atoms with Crippen LogP contribution in [-0.2, 0) is 6.54 Å². The first kappa shape index (κ1) is 9.93.